The second-order valence-electron chi connectivity index (χ2n) is 4.61. The van der Waals surface area contributed by atoms with E-state index in [1.807, 2.05) is 13.8 Å². The van der Waals surface area contributed by atoms with E-state index in [4.69, 9.17) is 4.74 Å². The van der Waals surface area contributed by atoms with E-state index in [0.29, 0.717) is 0 Å². The number of hydrogen-bond acceptors (Lipinski definition) is 4. The van der Waals surface area contributed by atoms with Gasteiger partial charge in [0.2, 0.25) is 0 Å². The van der Waals surface area contributed by atoms with Gasteiger partial charge in [-0.1, -0.05) is 6.92 Å². The van der Waals surface area contributed by atoms with Crippen LogP contribution in [0.25, 0.3) is 0 Å². The third-order valence-electron chi connectivity index (χ3n) is 2.74. The number of pyridine rings is 1. The number of ether oxygens (including phenoxy) is 1. The summed E-state index contributed by atoms with van der Waals surface area (Å²) in [6, 6.07) is 4.21. The zero-order chi connectivity index (χ0) is 13.4. The first kappa shape index (κ1) is 14.9. The molecule has 0 saturated carbocycles. The number of anilines is 1. The summed E-state index contributed by atoms with van der Waals surface area (Å²) < 4.78 is 5.21. The zero-order valence-electron chi connectivity index (χ0n) is 11.9. The van der Waals surface area contributed by atoms with Crippen LogP contribution in [0.3, 0.4) is 0 Å². The van der Waals surface area contributed by atoms with Gasteiger partial charge in [0, 0.05) is 25.9 Å². The maximum absolute atomic E-state index is 5.21. The van der Waals surface area contributed by atoms with E-state index in [0.717, 1.165) is 37.6 Å². The monoisotopic (exact) mass is 251 g/mol. The molecule has 0 spiro atoms. The minimum atomic E-state index is 0.189. The molecule has 2 N–H and O–H groups in total. The predicted octanol–water partition coefficient (Wildman–Crippen LogP) is 2.34. The molecule has 0 aromatic carbocycles. The lowest BCUT2D eigenvalue weighted by Gasteiger charge is -2.13. The number of aromatic nitrogens is 1. The SMILES string of the molecule is CCCNCc1cc(C)nc(NCC(C)OC)c1. The average molecular weight is 251 g/mol. The van der Waals surface area contributed by atoms with Gasteiger partial charge in [0.25, 0.3) is 0 Å². The van der Waals surface area contributed by atoms with Crippen molar-refractivity contribution in [2.24, 2.45) is 0 Å². The topological polar surface area (TPSA) is 46.2 Å². The molecule has 1 atom stereocenters. The summed E-state index contributed by atoms with van der Waals surface area (Å²) >= 11 is 0. The minimum absolute atomic E-state index is 0.189. The second kappa shape index (κ2) is 8.06. The fourth-order valence-corrected chi connectivity index (χ4v) is 1.67. The first-order chi connectivity index (χ1) is 8.65. The van der Waals surface area contributed by atoms with E-state index < -0.39 is 0 Å². The maximum atomic E-state index is 5.21. The van der Waals surface area contributed by atoms with E-state index in [2.05, 4.69) is 34.7 Å². The summed E-state index contributed by atoms with van der Waals surface area (Å²) in [5.74, 6) is 0.923. The summed E-state index contributed by atoms with van der Waals surface area (Å²) in [5, 5.41) is 6.70. The number of rotatable bonds is 8. The maximum Gasteiger partial charge on any atom is 0.126 e. The highest BCUT2D eigenvalue weighted by atomic mass is 16.5. The highest BCUT2D eigenvalue weighted by Crippen LogP contribution is 2.10. The third kappa shape index (κ3) is 5.47. The Bertz CT molecular complexity index is 355. The molecule has 1 aromatic rings. The van der Waals surface area contributed by atoms with E-state index in [1.54, 1.807) is 7.11 Å². The molecule has 0 aliphatic rings. The van der Waals surface area contributed by atoms with Gasteiger partial charge in [0.05, 0.1) is 6.10 Å². The largest absolute Gasteiger partial charge is 0.380 e. The average Bonchev–Trinajstić information content (AvgIpc) is 2.35. The first-order valence-corrected chi connectivity index (χ1v) is 6.60. The molecule has 0 bridgehead atoms. The van der Waals surface area contributed by atoms with Crippen LogP contribution >= 0.6 is 0 Å². The van der Waals surface area contributed by atoms with Gasteiger partial charge in [-0.2, -0.15) is 0 Å². The Morgan fingerprint density at radius 1 is 1.39 bits per heavy atom. The smallest absolute Gasteiger partial charge is 0.126 e. The Kier molecular flexibility index (Phi) is 6.68. The van der Waals surface area contributed by atoms with Gasteiger partial charge in [0.15, 0.2) is 0 Å². The standard InChI is InChI=1S/C14H25N3O/c1-5-6-15-10-13-7-11(2)17-14(8-13)16-9-12(3)18-4/h7-8,12,15H,5-6,9-10H2,1-4H3,(H,16,17). The lowest BCUT2D eigenvalue weighted by molar-refractivity contribution is 0.128. The molecule has 0 fully saturated rings. The van der Waals surface area contributed by atoms with E-state index in [1.165, 1.54) is 5.56 Å². The summed E-state index contributed by atoms with van der Waals surface area (Å²) in [7, 11) is 1.72. The number of methoxy groups -OCH3 is 1. The van der Waals surface area contributed by atoms with Gasteiger partial charge in [-0.25, -0.2) is 4.98 Å². The Balaban J connectivity index is 2.56. The Morgan fingerprint density at radius 3 is 2.83 bits per heavy atom. The van der Waals surface area contributed by atoms with Crippen LogP contribution in [0.5, 0.6) is 0 Å². The molecule has 1 aromatic heterocycles. The summed E-state index contributed by atoms with van der Waals surface area (Å²) in [4.78, 5) is 4.47. The van der Waals surface area contributed by atoms with Gasteiger partial charge in [-0.3, -0.25) is 0 Å². The molecule has 18 heavy (non-hydrogen) atoms. The van der Waals surface area contributed by atoms with E-state index >= 15 is 0 Å². The van der Waals surface area contributed by atoms with Gasteiger partial charge in [0.1, 0.15) is 5.82 Å². The Morgan fingerprint density at radius 2 is 2.17 bits per heavy atom. The van der Waals surface area contributed by atoms with Crippen molar-refractivity contribution in [3.05, 3.63) is 23.4 Å². The van der Waals surface area contributed by atoms with Gasteiger partial charge in [-0.05, 0) is 44.5 Å². The van der Waals surface area contributed by atoms with Crippen molar-refractivity contribution in [1.82, 2.24) is 10.3 Å². The van der Waals surface area contributed by atoms with Crippen molar-refractivity contribution in [1.29, 1.82) is 0 Å². The Hall–Kier alpha value is -1.13. The highest BCUT2D eigenvalue weighted by Gasteiger charge is 2.02. The van der Waals surface area contributed by atoms with E-state index in [9.17, 15) is 0 Å². The lowest BCUT2D eigenvalue weighted by atomic mass is 10.2. The van der Waals surface area contributed by atoms with Crippen molar-refractivity contribution >= 4 is 5.82 Å². The molecule has 0 aliphatic carbocycles. The summed E-state index contributed by atoms with van der Waals surface area (Å²) in [6.45, 7) is 8.94. The van der Waals surface area contributed by atoms with Crippen molar-refractivity contribution in [2.45, 2.75) is 39.8 Å². The molecule has 0 radical (unpaired) electrons. The fourth-order valence-electron chi connectivity index (χ4n) is 1.67. The Labute approximate surface area is 110 Å². The summed E-state index contributed by atoms with van der Waals surface area (Å²) in [6.07, 6.45) is 1.34. The fraction of sp³-hybridized carbons (Fsp3) is 0.643. The van der Waals surface area contributed by atoms with Crippen LogP contribution in [-0.4, -0.2) is 31.3 Å². The van der Waals surface area contributed by atoms with Crippen LogP contribution in [0.4, 0.5) is 5.82 Å². The number of nitrogens with zero attached hydrogens (tertiary/aromatic N) is 1. The molecule has 1 heterocycles. The second-order valence-corrected chi connectivity index (χ2v) is 4.61. The molecular formula is C14H25N3O. The molecular weight excluding hydrogens is 226 g/mol. The number of nitrogens with one attached hydrogen (secondary N) is 2. The van der Waals surface area contributed by atoms with Crippen molar-refractivity contribution in [3.8, 4) is 0 Å². The molecule has 102 valence electrons. The lowest BCUT2D eigenvalue weighted by Crippen LogP contribution is -2.19. The molecule has 1 rings (SSSR count). The molecule has 0 aliphatic heterocycles. The normalized spacial score (nSPS) is 12.4. The number of aryl methyl sites for hydroxylation is 1. The molecule has 1 unspecified atom stereocenters. The minimum Gasteiger partial charge on any atom is -0.380 e. The third-order valence-corrected chi connectivity index (χ3v) is 2.74. The molecule has 4 heteroatoms. The van der Waals surface area contributed by atoms with Crippen LogP contribution in [-0.2, 0) is 11.3 Å². The quantitative estimate of drug-likeness (QED) is 0.696. The molecule has 0 amide bonds. The molecule has 0 saturated heterocycles. The van der Waals surface area contributed by atoms with Crippen LogP contribution in [0.2, 0.25) is 0 Å². The predicted molar refractivity (Wildman–Crippen MR) is 75.9 cm³/mol. The summed E-state index contributed by atoms with van der Waals surface area (Å²) in [5.41, 5.74) is 2.31. The van der Waals surface area contributed by atoms with Crippen LogP contribution in [0.15, 0.2) is 12.1 Å². The van der Waals surface area contributed by atoms with Crippen molar-refractivity contribution in [3.63, 3.8) is 0 Å². The van der Waals surface area contributed by atoms with Gasteiger partial charge in [-0.15, -0.1) is 0 Å². The van der Waals surface area contributed by atoms with Crippen molar-refractivity contribution < 1.29 is 4.74 Å². The first-order valence-electron chi connectivity index (χ1n) is 6.60. The van der Waals surface area contributed by atoms with Gasteiger partial charge >= 0.3 is 0 Å². The van der Waals surface area contributed by atoms with Crippen LogP contribution < -0.4 is 10.6 Å². The molecule has 4 nitrogen and oxygen atoms in total. The zero-order valence-corrected chi connectivity index (χ0v) is 11.9. The van der Waals surface area contributed by atoms with Crippen molar-refractivity contribution in [2.75, 3.05) is 25.5 Å². The van der Waals surface area contributed by atoms with E-state index in [-0.39, 0.29) is 6.10 Å². The van der Waals surface area contributed by atoms with Crippen LogP contribution in [0.1, 0.15) is 31.5 Å². The highest BCUT2D eigenvalue weighted by molar-refractivity contribution is 5.39. The number of hydrogen-bond donors (Lipinski definition) is 2. The van der Waals surface area contributed by atoms with Gasteiger partial charge < -0.3 is 15.4 Å². The van der Waals surface area contributed by atoms with Crippen LogP contribution in [0, 0.1) is 6.92 Å².